The Labute approximate surface area is 114 Å². The molecule has 0 heterocycles. The maximum Gasteiger partial charge on any atom is 0.0992 e. The fourth-order valence-corrected chi connectivity index (χ4v) is 2.76. The fourth-order valence-electron chi connectivity index (χ4n) is 2.52. The first-order chi connectivity index (χ1) is 8.79. The van der Waals surface area contributed by atoms with Gasteiger partial charge in [-0.1, -0.05) is 43.7 Å². The smallest absolute Gasteiger partial charge is 0.0992 e. The van der Waals surface area contributed by atoms with E-state index in [2.05, 4.69) is 11.4 Å². The quantitative estimate of drug-likeness (QED) is 0.836. The van der Waals surface area contributed by atoms with Crippen molar-refractivity contribution in [3.05, 3.63) is 28.8 Å². The molecule has 1 fully saturated rings. The Kier molecular flexibility index (Phi) is 4.90. The number of halogens is 1. The summed E-state index contributed by atoms with van der Waals surface area (Å²) >= 11 is 6.19. The molecule has 1 aromatic rings. The summed E-state index contributed by atoms with van der Waals surface area (Å²) in [6, 6.07) is 8.09. The molecule has 3 heteroatoms. The molecule has 0 radical (unpaired) electrons. The van der Waals surface area contributed by atoms with E-state index in [0.29, 0.717) is 16.6 Å². The van der Waals surface area contributed by atoms with Gasteiger partial charge in [-0.25, -0.2) is 0 Å². The second-order valence-corrected chi connectivity index (χ2v) is 5.40. The third-order valence-electron chi connectivity index (χ3n) is 3.56. The zero-order chi connectivity index (χ0) is 12.8. The number of hydrogen-bond donors (Lipinski definition) is 1. The lowest BCUT2D eigenvalue weighted by molar-refractivity contribution is 0.471. The van der Waals surface area contributed by atoms with E-state index in [0.717, 1.165) is 5.69 Å². The van der Waals surface area contributed by atoms with Crippen LogP contribution in [0.2, 0.25) is 5.02 Å². The van der Waals surface area contributed by atoms with E-state index in [1.54, 1.807) is 6.07 Å². The highest BCUT2D eigenvalue weighted by Crippen LogP contribution is 2.26. The van der Waals surface area contributed by atoms with Crippen molar-refractivity contribution < 1.29 is 0 Å². The van der Waals surface area contributed by atoms with Crippen LogP contribution in [-0.4, -0.2) is 6.04 Å². The molecule has 0 unspecified atom stereocenters. The van der Waals surface area contributed by atoms with Gasteiger partial charge in [0.2, 0.25) is 0 Å². The van der Waals surface area contributed by atoms with Crippen molar-refractivity contribution in [1.29, 1.82) is 5.26 Å². The third-order valence-corrected chi connectivity index (χ3v) is 3.88. The summed E-state index contributed by atoms with van der Waals surface area (Å²) in [5.74, 6) is 0. The molecule has 1 aromatic carbocycles. The van der Waals surface area contributed by atoms with Crippen molar-refractivity contribution >= 4 is 17.3 Å². The highest BCUT2D eigenvalue weighted by molar-refractivity contribution is 6.33. The van der Waals surface area contributed by atoms with E-state index in [1.165, 1.54) is 44.9 Å². The molecule has 0 saturated heterocycles. The van der Waals surface area contributed by atoms with Crippen LogP contribution in [0.4, 0.5) is 5.69 Å². The minimum absolute atomic E-state index is 0.524. The molecule has 2 nitrogen and oxygen atoms in total. The van der Waals surface area contributed by atoms with Crippen molar-refractivity contribution in [1.82, 2.24) is 0 Å². The van der Waals surface area contributed by atoms with Gasteiger partial charge in [-0.3, -0.25) is 0 Å². The molecule has 1 aliphatic rings. The summed E-state index contributed by atoms with van der Waals surface area (Å²) in [7, 11) is 0. The van der Waals surface area contributed by atoms with Crippen LogP contribution in [0.15, 0.2) is 18.2 Å². The van der Waals surface area contributed by atoms with Crippen LogP contribution in [-0.2, 0) is 0 Å². The summed E-state index contributed by atoms with van der Waals surface area (Å²) in [4.78, 5) is 0. The maximum absolute atomic E-state index is 8.81. The first kappa shape index (κ1) is 13.2. The van der Waals surface area contributed by atoms with E-state index in [-0.39, 0.29) is 0 Å². The van der Waals surface area contributed by atoms with E-state index >= 15 is 0 Å². The lowest BCUT2D eigenvalue weighted by Crippen LogP contribution is -2.20. The van der Waals surface area contributed by atoms with Crippen molar-refractivity contribution in [2.75, 3.05) is 5.32 Å². The molecule has 96 valence electrons. The van der Waals surface area contributed by atoms with E-state index in [4.69, 9.17) is 16.9 Å². The lowest BCUT2D eigenvalue weighted by Gasteiger charge is -2.22. The molecule has 0 amide bonds. The lowest BCUT2D eigenvalue weighted by atomic mass is 9.96. The summed E-state index contributed by atoms with van der Waals surface area (Å²) in [5.41, 5.74) is 1.57. The number of benzene rings is 1. The number of nitrogens with zero attached hydrogens (tertiary/aromatic N) is 1. The predicted molar refractivity (Wildman–Crippen MR) is 75.9 cm³/mol. The number of rotatable bonds is 2. The van der Waals surface area contributed by atoms with Gasteiger partial charge in [-0.05, 0) is 31.0 Å². The fraction of sp³-hybridized carbons (Fsp3) is 0.533. The topological polar surface area (TPSA) is 35.8 Å². The van der Waals surface area contributed by atoms with Crippen LogP contribution in [0.3, 0.4) is 0 Å². The molecule has 18 heavy (non-hydrogen) atoms. The zero-order valence-electron chi connectivity index (χ0n) is 10.6. The Balaban J connectivity index is 2.01. The molecule has 2 rings (SSSR count). The van der Waals surface area contributed by atoms with Gasteiger partial charge in [0.1, 0.15) is 0 Å². The Morgan fingerprint density at radius 1 is 1.11 bits per heavy atom. The Hall–Kier alpha value is -1.20. The molecule has 0 atom stereocenters. The Morgan fingerprint density at radius 3 is 2.39 bits per heavy atom. The van der Waals surface area contributed by atoms with Crippen LogP contribution in [0, 0.1) is 11.3 Å². The molecule has 1 aliphatic carbocycles. The molecule has 0 aliphatic heterocycles. The largest absolute Gasteiger partial charge is 0.381 e. The van der Waals surface area contributed by atoms with E-state index in [1.807, 2.05) is 12.1 Å². The van der Waals surface area contributed by atoms with Gasteiger partial charge in [0.15, 0.2) is 0 Å². The van der Waals surface area contributed by atoms with Crippen molar-refractivity contribution in [3.8, 4) is 6.07 Å². The third kappa shape index (κ3) is 3.65. The number of anilines is 1. The van der Waals surface area contributed by atoms with Crippen LogP contribution < -0.4 is 5.32 Å². The maximum atomic E-state index is 8.81. The van der Waals surface area contributed by atoms with Gasteiger partial charge in [0.05, 0.1) is 22.3 Å². The van der Waals surface area contributed by atoms with Gasteiger partial charge in [0, 0.05) is 6.04 Å². The molecular formula is C15H19ClN2. The SMILES string of the molecule is N#Cc1ccc(NC2CCCCCCC2)c(Cl)c1. The molecule has 0 spiro atoms. The average molecular weight is 263 g/mol. The highest BCUT2D eigenvalue weighted by atomic mass is 35.5. The van der Waals surface area contributed by atoms with Gasteiger partial charge < -0.3 is 5.32 Å². The summed E-state index contributed by atoms with van der Waals surface area (Å²) < 4.78 is 0. The average Bonchev–Trinajstić information content (AvgIpc) is 2.34. The predicted octanol–water partition coefficient (Wildman–Crippen LogP) is 4.74. The molecule has 1 N–H and O–H groups in total. The Bertz CT molecular complexity index is 429. The second-order valence-electron chi connectivity index (χ2n) is 4.99. The van der Waals surface area contributed by atoms with Crippen LogP contribution in [0.25, 0.3) is 0 Å². The van der Waals surface area contributed by atoms with Crippen LogP contribution in [0.5, 0.6) is 0 Å². The van der Waals surface area contributed by atoms with Gasteiger partial charge in [-0.2, -0.15) is 5.26 Å². The Morgan fingerprint density at radius 2 is 1.78 bits per heavy atom. The summed E-state index contributed by atoms with van der Waals surface area (Å²) in [6.07, 6.45) is 9.10. The molecular weight excluding hydrogens is 244 g/mol. The monoisotopic (exact) mass is 262 g/mol. The van der Waals surface area contributed by atoms with Crippen LogP contribution >= 0.6 is 11.6 Å². The van der Waals surface area contributed by atoms with Gasteiger partial charge >= 0.3 is 0 Å². The second kappa shape index (κ2) is 6.66. The zero-order valence-corrected chi connectivity index (χ0v) is 11.3. The number of nitriles is 1. The van der Waals surface area contributed by atoms with Crippen molar-refractivity contribution in [2.45, 2.75) is 51.0 Å². The van der Waals surface area contributed by atoms with Crippen molar-refractivity contribution in [3.63, 3.8) is 0 Å². The molecule has 1 saturated carbocycles. The van der Waals surface area contributed by atoms with E-state index in [9.17, 15) is 0 Å². The van der Waals surface area contributed by atoms with Crippen molar-refractivity contribution in [2.24, 2.45) is 0 Å². The van der Waals surface area contributed by atoms with Crippen LogP contribution in [0.1, 0.15) is 50.5 Å². The van der Waals surface area contributed by atoms with E-state index < -0.39 is 0 Å². The standard InChI is InChI=1S/C15H19ClN2/c16-14-10-12(11-17)8-9-15(14)18-13-6-4-2-1-3-5-7-13/h8-10,13,18H,1-7H2. The molecule has 0 bridgehead atoms. The molecule has 0 aromatic heterocycles. The minimum Gasteiger partial charge on any atom is -0.381 e. The first-order valence-corrected chi connectivity index (χ1v) is 7.13. The summed E-state index contributed by atoms with van der Waals surface area (Å²) in [5, 5.41) is 13.0. The minimum atomic E-state index is 0.524. The summed E-state index contributed by atoms with van der Waals surface area (Å²) in [6.45, 7) is 0. The highest BCUT2D eigenvalue weighted by Gasteiger charge is 2.12. The van der Waals surface area contributed by atoms with Gasteiger partial charge in [-0.15, -0.1) is 0 Å². The first-order valence-electron chi connectivity index (χ1n) is 6.76. The number of hydrogen-bond acceptors (Lipinski definition) is 2. The normalized spacial score (nSPS) is 17.6. The van der Waals surface area contributed by atoms with Gasteiger partial charge in [0.25, 0.3) is 0 Å². The number of nitrogens with one attached hydrogen (secondary N) is 1.